The van der Waals surface area contributed by atoms with Gasteiger partial charge in [-0.3, -0.25) is 4.90 Å². The summed E-state index contributed by atoms with van der Waals surface area (Å²) in [4.78, 5) is 7.12. The van der Waals surface area contributed by atoms with Crippen LogP contribution in [0.1, 0.15) is 5.56 Å². The molecule has 0 atom stereocenters. The highest BCUT2D eigenvalue weighted by atomic mass is 32.1. The van der Waals surface area contributed by atoms with E-state index in [-0.39, 0.29) is 0 Å². The van der Waals surface area contributed by atoms with Gasteiger partial charge in [0.2, 0.25) is 0 Å². The van der Waals surface area contributed by atoms with Gasteiger partial charge >= 0.3 is 0 Å². The molecule has 2 nitrogen and oxygen atoms in total. The Kier molecular flexibility index (Phi) is 3.56. The Hall–Kier alpha value is -2.65. The molecule has 3 aromatic carbocycles. The van der Waals surface area contributed by atoms with Gasteiger partial charge in [-0.1, -0.05) is 59.9 Å². The van der Waals surface area contributed by atoms with Crippen LogP contribution in [0.3, 0.4) is 0 Å². The lowest BCUT2D eigenvalue weighted by atomic mass is 10.2. The number of benzene rings is 3. The molecule has 0 amide bonds. The summed E-state index contributed by atoms with van der Waals surface area (Å²) in [6, 6.07) is 27.1. The van der Waals surface area contributed by atoms with Crippen LogP contribution in [0, 0.1) is 6.92 Å². The zero-order valence-corrected chi connectivity index (χ0v) is 13.6. The molecule has 0 bridgehead atoms. The van der Waals surface area contributed by atoms with E-state index in [1.165, 1.54) is 10.3 Å². The van der Waals surface area contributed by atoms with Crippen LogP contribution in [0.2, 0.25) is 0 Å². The average molecular weight is 316 g/mol. The predicted molar refractivity (Wildman–Crippen MR) is 99.0 cm³/mol. The first-order chi connectivity index (χ1) is 11.3. The fourth-order valence-electron chi connectivity index (χ4n) is 2.69. The van der Waals surface area contributed by atoms with Crippen molar-refractivity contribution in [3.8, 4) is 0 Å². The number of rotatable bonds is 3. The summed E-state index contributed by atoms with van der Waals surface area (Å²) < 4.78 is 1.22. The van der Waals surface area contributed by atoms with Gasteiger partial charge in [0, 0.05) is 11.4 Å². The third-order valence-corrected chi connectivity index (χ3v) is 4.84. The second-order valence-corrected chi connectivity index (χ2v) is 6.43. The van der Waals surface area contributed by atoms with Crippen molar-refractivity contribution in [1.29, 1.82) is 0 Å². The van der Waals surface area contributed by atoms with Gasteiger partial charge in [-0.05, 0) is 42.8 Å². The van der Waals surface area contributed by atoms with E-state index in [2.05, 4.69) is 78.6 Å². The smallest absolute Gasteiger partial charge is 0.195 e. The van der Waals surface area contributed by atoms with Crippen molar-refractivity contribution in [2.45, 2.75) is 6.92 Å². The molecule has 0 saturated carbocycles. The molecule has 23 heavy (non-hydrogen) atoms. The van der Waals surface area contributed by atoms with Gasteiger partial charge in [-0.25, -0.2) is 4.98 Å². The van der Waals surface area contributed by atoms with Crippen molar-refractivity contribution in [3.63, 3.8) is 0 Å². The number of hydrogen-bond acceptors (Lipinski definition) is 3. The molecule has 0 spiro atoms. The molecule has 1 aromatic heterocycles. The van der Waals surface area contributed by atoms with Crippen molar-refractivity contribution in [1.82, 2.24) is 4.98 Å². The molecule has 3 heteroatoms. The normalized spacial score (nSPS) is 10.8. The van der Waals surface area contributed by atoms with Gasteiger partial charge < -0.3 is 0 Å². The zero-order chi connectivity index (χ0) is 15.6. The highest BCUT2D eigenvalue weighted by Gasteiger charge is 2.16. The Morgan fingerprint density at radius 2 is 1.35 bits per heavy atom. The van der Waals surface area contributed by atoms with E-state index in [1.807, 2.05) is 12.1 Å². The molecule has 0 unspecified atom stereocenters. The SMILES string of the molecule is Cc1cccc2sc(N(c3ccccc3)c3ccccc3)nc12. The van der Waals surface area contributed by atoms with Crippen LogP contribution >= 0.6 is 11.3 Å². The molecular weight excluding hydrogens is 300 g/mol. The molecule has 0 N–H and O–H groups in total. The Bertz CT molecular complexity index is 890. The third kappa shape index (κ3) is 2.60. The standard InChI is InChI=1S/C20H16N2S/c1-15-9-8-14-18-19(15)21-20(23-18)22(16-10-4-2-5-11-16)17-12-6-3-7-13-17/h2-14H,1H3. The minimum atomic E-state index is 0.992. The van der Waals surface area contributed by atoms with E-state index < -0.39 is 0 Å². The lowest BCUT2D eigenvalue weighted by Gasteiger charge is -2.22. The first kappa shape index (κ1) is 14.0. The van der Waals surface area contributed by atoms with Crippen molar-refractivity contribution in [2.75, 3.05) is 4.90 Å². The zero-order valence-electron chi connectivity index (χ0n) is 12.8. The molecule has 0 aliphatic carbocycles. The molecular formula is C20H16N2S. The topological polar surface area (TPSA) is 16.1 Å². The second-order valence-electron chi connectivity index (χ2n) is 5.42. The summed E-state index contributed by atoms with van der Waals surface area (Å²) in [5.41, 5.74) is 4.54. The van der Waals surface area contributed by atoms with Crippen LogP contribution in [0.15, 0.2) is 78.9 Å². The Balaban J connectivity index is 1.92. The second kappa shape index (κ2) is 5.86. The number of anilines is 3. The van der Waals surface area contributed by atoms with Crippen molar-refractivity contribution < 1.29 is 0 Å². The van der Waals surface area contributed by atoms with Crippen LogP contribution in [-0.2, 0) is 0 Å². The molecule has 0 fully saturated rings. The molecule has 0 aliphatic rings. The van der Waals surface area contributed by atoms with E-state index in [0.717, 1.165) is 22.0 Å². The summed E-state index contributed by atoms with van der Waals surface area (Å²) in [6.45, 7) is 2.11. The summed E-state index contributed by atoms with van der Waals surface area (Å²) >= 11 is 1.72. The van der Waals surface area contributed by atoms with E-state index >= 15 is 0 Å². The largest absolute Gasteiger partial charge is 0.286 e. The van der Waals surface area contributed by atoms with E-state index in [9.17, 15) is 0 Å². The first-order valence-electron chi connectivity index (χ1n) is 7.59. The fraction of sp³-hybridized carbons (Fsp3) is 0.0500. The first-order valence-corrected chi connectivity index (χ1v) is 8.41. The van der Waals surface area contributed by atoms with E-state index in [4.69, 9.17) is 4.98 Å². The highest BCUT2D eigenvalue weighted by molar-refractivity contribution is 7.22. The van der Waals surface area contributed by atoms with Crippen LogP contribution in [0.4, 0.5) is 16.5 Å². The number of hydrogen-bond donors (Lipinski definition) is 0. The quantitative estimate of drug-likeness (QED) is 0.455. The minimum absolute atomic E-state index is 0.992. The minimum Gasteiger partial charge on any atom is -0.286 e. The predicted octanol–water partition coefficient (Wildman–Crippen LogP) is 6.07. The molecule has 1 heterocycles. The summed E-state index contributed by atoms with van der Waals surface area (Å²) in [5, 5.41) is 0.992. The lowest BCUT2D eigenvalue weighted by molar-refractivity contribution is 1.24. The maximum Gasteiger partial charge on any atom is 0.195 e. The molecule has 0 aliphatic heterocycles. The maximum atomic E-state index is 4.91. The van der Waals surface area contributed by atoms with Crippen LogP contribution in [0.25, 0.3) is 10.2 Å². The molecule has 4 aromatic rings. The van der Waals surface area contributed by atoms with Crippen molar-refractivity contribution in [2.24, 2.45) is 0 Å². The summed E-state index contributed by atoms with van der Waals surface area (Å²) in [6.07, 6.45) is 0. The Morgan fingerprint density at radius 1 is 0.739 bits per heavy atom. The molecule has 4 rings (SSSR count). The third-order valence-electron chi connectivity index (χ3n) is 3.83. The van der Waals surface area contributed by atoms with Crippen LogP contribution < -0.4 is 4.90 Å². The van der Waals surface area contributed by atoms with Crippen LogP contribution in [0.5, 0.6) is 0 Å². The van der Waals surface area contributed by atoms with Crippen LogP contribution in [-0.4, -0.2) is 4.98 Å². The summed E-state index contributed by atoms with van der Waals surface area (Å²) in [7, 11) is 0. The van der Waals surface area contributed by atoms with Crippen molar-refractivity contribution in [3.05, 3.63) is 84.4 Å². The van der Waals surface area contributed by atoms with Gasteiger partial charge in [-0.15, -0.1) is 0 Å². The Labute approximate surface area is 139 Å². The van der Waals surface area contributed by atoms with E-state index in [0.29, 0.717) is 0 Å². The molecule has 112 valence electrons. The Morgan fingerprint density at radius 3 is 1.91 bits per heavy atom. The lowest BCUT2D eigenvalue weighted by Crippen LogP contribution is -2.09. The maximum absolute atomic E-state index is 4.91. The van der Waals surface area contributed by atoms with Crippen molar-refractivity contribution >= 4 is 38.1 Å². The van der Waals surface area contributed by atoms with Gasteiger partial charge in [-0.2, -0.15) is 0 Å². The number of aromatic nitrogens is 1. The van der Waals surface area contributed by atoms with Gasteiger partial charge in [0.25, 0.3) is 0 Å². The highest BCUT2D eigenvalue weighted by Crippen LogP contribution is 2.39. The van der Waals surface area contributed by atoms with Gasteiger partial charge in [0.1, 0.15) is 0 Å². The molecule has 0 radical (unpaired) electrons. The number of aryl methyl sites for hydroxylation is 1. The molecule has 0 saturated heterocycles. The monoisotopic (exact) mass is 316 g/mol. The van der Waals surface area contributed by atoms with E-state index in [1.54, 1.807) is 11.3 Å². The fourth-order valence-corrected chi connectivity index (χ4v) is 3.78. The average Bonchev–Trinajstić information content (AvgIpc) is 3.02. The number of para-hydroxylation sites is 3. The number of thiazole rings is 1. The number of fused-ring (bicyclic) bond motifs is 1. The summed E-state index contributed by atoms with van der Waals surface area (Å²) in [5.74, 6) is 0. The van der Waals surface area contributed by atoms with Gasteiger partial charge in [0.15, 0.2) is 5.13 Å². The van der Waals surface area contributed by atoms with Gasteiger partial charge in [0.05, 0.1) is 10.2 Å². The number of nitrogens with zero attached hydrogens (tertiary/aromatic N) is 2.